The van der Waals surface area contributed by atoms with Gasteiger partial charge in [-0.2, -0.15) is 0 Å². The maximum absolute atomic E-state index is 12.7. The van der Waals surface area contributed by atoms with Gasteiger partial charge in [0.2, 0.25) is 11.3 Å². The Labute approximate surface area is 152 Å². The zero-order chi connectivity index (χ0) is 18.7. The van der Waals surface area contributed by atoms with Gasteiger partial charge in [0.1, 0.15) is 5.56 Å². The Hall–Kier alpha value is -2.63. The number of aromatic nitrogens is 1. The molecule has 6 heteroatoms. The fourth-order valence-electron chi connectivity index (χ4n) is 3.42. The van der Waals surface area contributed by atoms with E-state index in [1.165, 1.54) is 0 Å². The van der Waals surface area contributed by atoms with Crippen molar-refractivity contribution in [1.82, 2.24) is 9.47 Å². The minimum atomic E-state index is -0.593. The van der Waals surface area contributed by atoms with Crippen LogP contribution in [0.25, 0.3) is 10.9 Å². The van der Waals surface area contributed by atoms with E-state index in [2.05, 4.69) is 0 Å². The number of benzene rings is 1. The zero-order valence-electron chi connectivity index (χ0n) is 15.3. The Morgan fingerprint density at radius 3 is 2.73 bits per heavy atom. The van der Waals surface area contributed by atoms with E-state index >= 15 is 0 Å². The average molecular weight is 356 g/mol. The minimum Gasteiger partial charge on any atom is -0.462 e. The Kier molecular flexibility index (Phi) is 5.40. The second kappa shape index (κ2) is 7.72. The number of fused-ring (bicyclic) bond motifs is 1. The molecule has 0 radical (unpaired) electrons. The van der Waals surface area contributed by atoms with Crippen LogP contribution in [-0.2, 0) is 16.1 Å². The summed E-state index contributed by atoms with van der Waals surface area (Å²) in [5, 5.41) is 0.521. The van der Waals surface area contributed by atoms with Gasteiger partial charge in [0.25, 0.3) is 0 Å². The maximum atomic E-state index is 12.7. The molecule has 2 aromatic rings. The summed E-state index contributed by atoms with van der Waals surface area (Å²) >= 11 is 0. The first-order chi connectivity index (χ1) is 12.5. The Morgan fingerprint density at radius 2 is 2.04 bits per heavy atom. The van der Waals surface area contributed by atoms with E-state index in [9.17, 15) is 14.4 Å². The molecule has 3 rings (SSSR count). The highest BCUT2D eigenvalue weighted by atomic mass is 16.5. The van der Waals surface area contributed by atoms with Crippen LogP contribution >= 0.6 is 0 Å². The summed E-state index contributed by atoms with van der Waals surface area (Å²) in [5.74, 6) is -0.387. The molecule has 1 amide bonds. The number of esters is 1. The predicted molar refractivity (Wildman–Crippen MR) is 99.3 cm³/mol. The molecule has 138 valence electrons. The van der Waals surface area contributed by atoms with Gasteiger partial charge in [0.15, 0.2) is 0 Å². The SMILES string of the molecule is CCOC(=O)c1cn(CCCN2CCCC2=O)c2ccc(C)cc2c1=O. The lowest BCUT2D eigenvalue weighted by atomic mass is 10.1. The number of hydrogen-bond acceptors (Lipinski definition) is 4. The van der Waals surface area contributed by atoms with Crippen molar-refractivity contribution in [2.45, 2.75) is 39.7 Å². The molecular formula is C20H24N2O4. The van der Waals surface area contributed by atoms with Crippen LogP contribution in [0.1, 0.15) is 42.1 Å². The van der Waals surface area contributed by atoms with Gasteiger partial charge in [-0.15, -0.1) is 0 Å². The molecule has 0 atom stereocenters. The van der Waals surface area contributed by atoms with Gasteiger partial charge in [-0.25, -0.2) is 4.79 Å². The number of rotatable bonds is 6. The summed E-state index contributed by atoms with van der Waals surface area (Å²) in [7, 11) is 0. The van der Waals surface area contributed by atoms with Crippen molar-refractivity contribution in [1.29, 1.82) is 0 Å². The molecule has 1 aliphatic rings. The summed E-state index contributed by atoms with van der Waals surface area (Å²) in [6.07, 6.45) is 3.91. The second-order valence-electron chi connectivity index (χ2n) is 6.64. The molecule has 0 N–H and O–H groups in total. The van der Waals surface area contributed by atoms with Crippen LogP contribution in [0.4, 0.5) is 0 Å². The first-order valence-corrected chi connectivity index (χ1v) is 9.10. The van der Waals surface area contributed by atoms with Gasteiger partial charge in [-0.1, -0.05) is 11.6 Å². The summed E-state index contributed by atoms with van der Waals surface area (Å²) in [6.45, 7) is 5.98. The van der Waals surface area contributed by atoms with Gasteiger partial charge in [-0.05, 0) is 38.8 Å². The van der Waals surface area contributed by atoms with Crippen LogP contribution in [0, 0.1) is 6.92 Å². The number of ether oxygens (including phenoxy) is 1. The number of carbonyl (C=O) groups is 2. The minimum absolute atomic E-state index is 0.0576. The smallest absolute Gasteiger partial charge is 0.343 e. The van der Waals surface area contributed by atoms with Crippen LogP contribution in [0.3, 0.4) is 0 Å². The summed E-state index contributed by atoms with van der Waals surface area (Å²) in [5.41, 5.74) is 1.52. The lowest BCUT2D eigenvalue weighted by molar-refractivity contribution is -0.127. The van der Waals surface area contributed by atoms with Crippen molar-refractivity contribution in [2.75, 3.05) is 19.7 Å². The molecule has 0 bridgehead atoms. The van der Waals surface area contributed by atoms with Crippen molar-refractivity contribution in [3.05, 3.63) is 45.7 Å². The molecule has 6 nitrogen and oxygen atoms in total. The second-order valence-corrected chi connectivity index (χ2v) is 6.64. The van der Waals surface area contributed by atoms with E-state index in [-0.39, 0.29) is 23.5 Å². The Balaban J connectivity index is 1.92. The maximum Gasteiger partial charge on any atom is 0.343 e. The molecule has 0 saturated carbocycles. The van der Waals surface area contributed by atoms with E-state index in [0.29, 0.717) is 24.9 Å². The third-order valence-electron chi connectivity index (χ3n) is 4.73. The van der Waals surface area contributed by atoms with E-state index in [0.717, 1.165) is 30.5 Å². The number of likely N-dealkylation sites (tertiary alicyclic amines) is 1. The summed E-state index contributed by atoms with van der Waals surface area (Å²) in [4.78, 5) is 38.5. The standard InChI is InChI=1S/C20H24N2O4/c1-3-26-20(25)16-13-22(11-5-10-21-9-4-6-18(21)23)17-8-7-14(2)12-15(17)19(16)24/h7-8,12-13H,3-6,9-11H2,1-2H3. The molecule has 1 aliphatic heterocycles. The van der Waals surface area contributed by atoms with Crippen molar-refractivity contribution in [2.24, 2.45) is 0 Å². The Morgan fingerprint density at radius 1 is 1.23 bits per heavy atom. The molecule has 0 aliphatic carbocycles. The van der Waals surface area contributed by atoms with Gasteiger partial charge in [0, 0.05) is 37.6 Å². The third-order valence-corrected chi connectivity index (χ3v) is 4.73. The molecule has 0 unspecified atom stereocenters. The fraction of sp³-hybridized carbons (Fsp3) is 0.450. The predicted octanol–water partition coefficient (Wildman–Crippen LogP) is 2.50. The first-order valence-electron chi connectivity index (χ1n) is 9.10. The highest BCUT2D eigenvalue weighted by molar-refractivity contribution is 5.93. The molecular weight excluding hydrogens is 332 g/mol. The first kappa shape index (κ1) is 18.2. The fourth-order valence-corrected chi connectivity index (χ4v) is 3.42. The molecule has 1 aromatic carbocycles. The number of aryl methyl sites for hydroxylation is 2. The quantitative estimate of drug-likeness (QED) is 0.746. The molecule has 1 fully saturated rings. The van der Waals surface area contributed by atoms with Crippen LogP contribution < -0.4 is 5.43 Å². The van der Waals surface area contributed by atoms with Gasteiger partial charge >= 0.3 is 5.97 Å². The molecule has 26 heavy (non-hydrogen) atoms. The van der Waals surface area contributed by atoms with Crippen LogP contribution in [0.15, 0.2) is 29.2 Å². The highest BCUT2D eigenvalue weighted by Crippen LogP contribution is 2.16. The number of pyridine rings is 1. The van der Waals surface area contributed by atoms with Crippen molar-refractivity contribution < 1.29 is 14.3 Å². The normalized spacial score (nSPS) is 14.2. The number of carbonyl (C=O) groups excluding carboxylic acids is 2. The largest absolute Gasteiger partial charge is 0.462 e. The molecule has 2 heterocycles. The van der Waals surface area contributed by atoms with Crippen LogP contribution in [0.5, 0.6) is 0 Å². The van der Waals surface area contributed by atoms with E-state index < -0.39 is 5.97 Å². The van der Waals surface area contributed by atoms with E-state index in [1.54, 1.807) is 19.2 Å². The van der Waals surface area contributed by atoms with Crippen LogP contribution in [-0.4, -0.2) is 41.0 Å². The lowest BCUT2D eigenvalue weighted by Crippen LogP contribution is -2.27. The average Bonchev–Trinajstić information content (AvgIpc) is 3.02. The summed E-state index contributed by atoms with van der Waals surface area (Å²) < 4.78 is 6.96. The number of amides is 1. The van der Waals surface area contributed by atoms with Gasteiger partial charge in [0.05, 0.1) is 12.1 Å². The monoisotopic (exact) mass is 356 g/mol. The number of nitrogens with zero attached hydrogens (tertiary/aromatic N) is 2. The molecule has 1 saturated heterocycles. The molecule has 1 aromatic heterocycles. The van der Waals surface area contributed by atoms with Crippen LogP contribution in [0.2, 0.25) is 0 Å². The van der Waals surface area contributed by atoms with Crippen molar-refractivity contribution >= 4 is 22.8 Å². The number of hydrogen-bond donors (Lipinski definition) is 0. The highest BCUT2D eigenvalue weighted by Gasteiger charge is 2.20. The van der Waals surface area contributed by atoms with E-state index in [1.807, 2.05) is 28.5 Å². The zero-order valence-corrected chi connectivity index (χ0v) is 15.3. The summed E-state index contributed by atoms with van der Waals surface area (Å²) in [6, 6.07) is 5.66. The van der Waals surface area contributed by atoms with Gasteiger partial charge < -0.3 is 14.2 Å². The van der Waals surface area contributed by atoms with Crippen molar-refractivity contribution in [3.8, 4) is 0 Å². The van der Waals surface area contributed by atoms with Crippen molar-refractivity contribution in [3.63, 3.8) is 0 Å². The lowest BCUT2D eigenvalue weighted by Gasteiger charge is -2.17. The van der Waals surface area contributed by atoms with E-state index in [4.69, 9.17) is 4.74 Å². The molecule has 0 spiro atoms. The third kappa shape index (κ3) is 3.64. The topological polar surface area (TPSA) is 68.6 Å². The van der Waals surface area contributed by atoms with Gasteiger partial charge in [-0.3, -0.25) is 9.59 Å². The Bertz CT molecular complexity index is 901.